The smallest absolute Gasteiger partial charge is 0.211 e. The molecule has 1 aliphatic rings. The van der Waals surface area contributed by atoms with Gasteiger partial charge in [0.25, 0.3) is 0 Å². The van der Waals surface area contributed by atoms with E-state index < -0.39 is 10.0 Å². The number of rotatable bonds is 5. The third-order valence-corrected chi connectivity index (χ3v) is 4.73. The van der Waals surface area contributed by atoms with Crippen molar-refractivity contribution < 1.29 is 8.42 Å². The van der Waals surface area contributed by atoms with Crippen molar-refractivity contribution in [3.63, 3.8) is 0 Å². The molecule has 0 amide bonds. The molecule has 1 aliphatic heterocycles. The number of hydrogen-bond donors (Lipinski definition) is 1. The van der Waals surface area contributed by atoms with Crippen molar-refractivity contribution in [2.45, 2.75) is 45.6 Å². The van der Waals surface area contributed by atoms with Crippen molar-refractivity contribution in [1.82, 2.24) is 4.31 Å². The van der Waals surface area contributed by atoms with Crippen LogP contribution < -0.4 is 5.73 Å². The van der Waals surface area contributed by atoms with Gasteiger partial charge >= 0.3 is 0 Å². The van der Waals surface area contributed by atoms with E-state index in [1.54, 1.807) is 4.31 Å². The van der Waals surface area contributed by atoms with Crippen molar-refractivity contribution in [3.8, 4) is 0 Å². The van der Waals surface area contributed by atoms with E-state index in [2.05, 4.69) is 6.92 Å². The molecule has 102 valence electrons. The van der Waals surface area contributed by atoms with Crippen LogP contribution in [0.1, 0.15) is 39.5 Å². The molecule has 1 fully saturated rings. The van der Waals surface area contributed by atoms with E-state index in [9.17, 15) is 8.42 Å². The normalized spacial score (nSPS) is 26.7. The first-order chi connectivity index (χ1) is 7.79. The highest BCUT2D eigenvalue weighted by molar-refractivity contribution is 7.88. The lowest BCUT2D eigenvalue weighted by Gasteiger charge is -2.32. The number of hydrogen-bond acceptors (Lipinski definition) is 3. The third kappa shape index (κ3) is 5.36. The van der Waals surface area contributed by atoms with E-state index in [0.29, 0.717) is 24.9 Å². The van der Waals surface area contributed by atoms with Crippen molar-refractivity contribution in [1.29, 1.82) is 0 Å². The molecule has 0 aliphatic carbocycles. The first-order valence-corrected chi connectivity index (χ1v) is 8.34. The van der Waals surface area contributed by atoms with E-state index in [-0.39, 0.29) is 6.04 Å². The third-order valence-electron chi connectivity index (χ3n) is 3.46. The minimum Gasteiger partial charge on any atom is -0.328 e. The maximum atomic E-state index is 11.5. The SMILES string of the molecule is CC(N)CC(C)CC1CCCN(S(C)(=O)=O)C1. The highest BCUT2D eigenvalue weighted by atomic mass is 32.2. The molecule has 0 bridgehead atoms. The zero-order chi connectivity index (χ0) is 13.1. The van der Waals surface area contributed by atoms with Gasteiger partial charge < -0.3 is 5.73 Å². The maximum absolute atomic E-state index is 11.5. The van der Waals surface area contributed by atoms with Gasteiger partial charge in [-0.15, -0.1) is 0 Å². The average molecular weight is 262 g/mol. The van der Waals surface area contributed by atoms with Crippen LogP contribution in [0.4, 0.5) is 0 Å². The summed E-state index contributed by atoms with van der Waals surface area (Å²) in [6.45, 7) is 5.63. The Morgan fingerprint density at radius 1 is 1.41 bits per heavy atom. The van der Waals surface area contributed by atoms with Gasteiger partial charge in [-0.25, -0.2) is 12.7 Å². The Bertz CT molecular complexity index is 327. The van der Waals surface area contributed by atoms with Gasteiger partial charge in [0.1, 0.15) is 0 Å². The summed E-state index contributed by atoms with van der Waals surface area (Å²) in [5, 5.41) is 0. The number of piperidine rings is 1. The molecule has 2 N–H and O–H groups in total. The predicted molar refractivity (Wildman–Crippen MR) is 71.2 cm³/mol. The second kappa shape index (κ2) is 6.16. The molecule has 17 heavy (non-hydrogen) atoms. The second-order valence-electron chi connectivity index (χ2n) is 5.68. The van der Waals surface area contributed by atoms with Gasteiger partial charge in [-0.05, 0) is 44.4 Å². The molecule has 0 aromatic carbocycles. The van der Waals surface area contributed by atoms with E-state index in [0.717, 1.165) is 25.7 Å². The molecule has 0 radical (unpaired) electrons. The zero-order valence-corrected chi connectivity index (χ0v) is 12.0. The van der Waals surface area contributed by atoms with Gasteiger partial charge in [0.15, 0.2) is 0 Å². The summed E-state index contributed by atoms with van der Waals surface area (Å²) in [5.74, 6) is 1.09. The molecule has 3 atom stereocenters. The topological polar surface area (TPSA) is 63.4 Å². The van der Waals surface area contributed by atoms with Gasteiger partial charge in [-0.2, -0.15) is 0 Å². The Balaban J connectivity index is 2.45. The van der Waals surface area contributed by atoms with E-state index in [1.165, 1.54) is 6.26 Å². The Morgan fingerprint density at radius 2 is 2.06 bits per heavy atom. The summed E-state index contributed by atoms with van der Waals surface area (Å²) in [6.07, 6.45) is 5.56. The molecule has 1 rings (SSSR count). The summed E-state index contributed by atoms with van der Waals surface area (Å²) in [4.78, 5) is 0. The molecule has 0 aromatic rings. The van der Waals surface area contributed by atoms with Gasteiger partial charge in [0, 0.05) is 19.1 Å². The lowest BCUT2D eigenvalue weighted by molar-refractivity contribution is 0.229. The van der Waals surface area contributed by atoms with Crippen LogP contribution in [0.5, 0.6) is 0 Å². The van der Waals surface area contributed by atoms with Gasteiger partial charge in [0.2, 0.25) is 10.0 Å². The monoisotopic (exact) mass is 262 g/mol. The molecule has 1 saturated heterocycles. The number of sulfonamides is 1. The molecule has 4 nitrogen and oxygen atoms in total. The quantitative estimate of drug-likeness (QED) is 0.815. The lowest BCUT2D eigenvalue weighted by atomic mass is 9.87. The molecule has 5 heteroatoms. The Morgan fingerprint density at radius 3 is 2.59 bits per heavy atom. The molecule has 0 spiro atoms. The molecule has 0 saturated carbocycles. The highest BCUT2D eigenvalue weighted by Crippen LogP contribution is 2.26. The van der Waals surface area contributed by atoms with Crippen LogP contribution >= 0.6 is 0 Å². The summed E-state index contributed by atoms with van der Waals surface area (Å²) in [7, 11) is -3.01. The fraction of sp³-hybridized carbons (Fsp3) is 1.00. The lowest BCUT2D eigenvalue weighted by Crippen LogP contribution is -2.39. The molecular weight excluding hydrogens is 236 g/mol. The zero-order valence-electron chi connectivity index (χ0n) is 11.2. The maximum Gasteiger partial charge on any atom is 0.211 e. The molecular formula is C12H26N2O2S. The summed E-state index contributed by atoms with van der Waals surface area (Å²) in [5.41, 5.74) is 5.79. The van der Waals surface area contributed by atoms with Crippen molar-refractivity contribution in [2.75, 3.05) is 19.3 Å². The summed E-state index contributed by atoms with van der Waals surface area (Å²) < 4.78 is 24.6. The average Bonchev–Trinajstić information content (AvgIpc) is 2.15. The van der Waals surface area contributed by atoms with Crippen LogP contribution in [0, 0.1) is 11.8 Å². The molecule has 0 aromatic heterocycles. The van der Waals surface area contributed by atoms with E-state index >= 15 is 0 Å². The van der Waals surface area contributed by atoms with Gasteiger partial charge in [-0.3, -0.25) is 0 Å². The fourth-order valence-corrected chi connectivity index (χ4v) is 3.76. The Hall–Kier alpha value is -0.130. The summed E-state index contributed by atoms with van der Waals surface area (Å²) >= 11 is 0. The fourth-order valence-electron chi connectivity index (χ4n) is 2.82. The van der Waals surface area contributed by atoms with Crippen molar-refractivity contribution >= 4 is 10.0 Å². The van der Waals surface area contributed by atoms with Crippen LogP contribution in [0.25, 0.3) is 0 Å². The van der Waals surface area contributed by atoms with E-state index in [1.807, 2.05) is 6.92 Å². The number of nitrogens with zero attached hydrogens (tertiary/aromatic N) is 1. The minimum atomic E-state index is -3.01. The van der Waals surface area contributed by atoms with Crippen LogP contribution in [-0.2, 0) is 10.0 Å². The van der Waals surface area contributed by atoms with Crippen molar-refractivity contribution in [2.24, 2.45) is 17.6 Å². The Labute approximate surface area is 106 Å². The first kappa shape index (κ1) is 14.9. The number of nitrogens with two attached hydrogens (primary N) is 1. The van der Waals surface area contributed by atoms with Crippen LogP contribution in [0.2, 0.25) is 0 Å². The second-order valence-corrected chi connectivity index (χ2v) is 7.67. The minimum absolute atomic E-state index is 0.236. The van der Waals surface area contributed by atoms with E-state index in [4.69, 9.17) is 5.73 Å². The Kier molecular flexibility index (Phi) is 5.41. The first-order valence-electron chi connectivity index (χ1n) is 6.49. The van der Waals surface area contributed by atoms with Gasteiger partial charge in [-0.1, -0.05) is 6.92 Å². The molecule has 3 unspecified atom stereocenters. The largest absolute Gasteiger partial charge is 0.328 e. The predicted octanol–water partition coefficient (Wildman–Crippen LogP) is 1.42. The van der Waals surface area contributed by atoms with Gasteiger partial charge in [0.05, 0.1) is 6.26 Å². The highest BCUT2D eigenvalue weighted by Gasteiger charge is 2.26. The van der Waals surface area contributed by atoms with Crippen molar-refractivity contribution in [3.05, 3.63) is 0 Å². The van der Waals surface area contributed by atoms with Crippen LogP contribution in [-0.4, -0.2) is 38.1 Å². The standard InChI is InChI=1S/C12H26N2O2S/c1-10(7-11(2)13)8-12-5-4-6-14(9-12)17(3,15)16/h10-12H,4-9,13H2,1-3H3. The van der Waals surface area contributed by atoms with Crippen LogP contribution in [0.15, 0.2) is 0 Å². The molecule has 1 heterocycles. The summed E-state index contributed by atoms with van der Waals surface area (Å²) in [6, 6.07) is 0.236. The van der Waals surface area contributed by atoms with Crippen LogP contribution in [0.3, 0.4) is 0 Å².